The molecule has 0 aliphatic heterocycles. The zero-order valence-corrected chi connectivity index (χ0v) is 12.4. The van der Waals surface area contributed by atoms with E-state index in [0.717, 1.165) is 17.5 Å². The van der Waals surface area contributed by atoms with Crippen LogP contribution in [0.5, 0.6) is 0 Å². The minimum atomic E-state index is 0.479. The minimum Gasteiger partial charge on any atom is -0.381 e. The normalized spacial score (nSPS) is 23.1. The van der Waals surface area contributed by atoms with E-state index in [-0.39, 0.29) is 0 Å². The van der Waals surface area contributed by atoms with Gasteiger partial charge in [0.05, 0.1) is 22.3 Å². The summed E-state index contributed by atoms with van der Waals surface area (Å²) in [6, 6.07) is 8.04. The summed E-state index contributed by atoms with van der Waals surface area (Å²) in [6.45, 7) is 4.60. The van der Waals surface area contributed by atoms with Gasteiger partial charge in [-0.15, -0.1) is 0 Å². The number of benzene rings is 1. The summed E-state index contributed by atoms with van der Waals surface area (Å²) in [5.41, 5.74) is 1.55. The number of halogens is 1. The monoisotopic (exact) mass is 276 g/mol. The topological polar surface area (TPSA) is 35.8 Å². The molecule has 0 radical (unpaired) electrons. The fourth-order valence-electron chi connectivity index (χ4n) is 2.89. The Balaban J connectivity index is 2.06. The summed E-state index contributed by atoms with van der Waals surface area (Å²) in [6.07, 6.45) is 5.00. The van der Waals surface area contributed by atoms with Crippen LogP contribution < -0.4 is 5.32 Å². The number of anilines is 1. The summed E-state index contributed by atoms with van der Waals surface area (Å²) in [5.74, 6) is 1.54. The predicted molar refractivity (Wildman–Crippen MR) is 80.4 cm³/mol. The van der Waals surface area contributed by atoms with Crippen LogP contribution in [0.15, 0.2) is 18.2 Å². The van der Waals surface area contributed by atoms with Gasteiger partial charge in [0.2, 0.25) is 0 Å². The summed E-state index contributed by atoms with van der Waals surface area (Å²) < 4.78 is 0. The molecule has 0 amide bonds. The van der Waals surface area contributed by atoms with Gasteiger partial charge >= 0.3 is 0 Å². The first kappa shape index (κ1) is 14.2. The van der Waals surface area contributed by atoms with E-state index in [1.165, 1.54) is 25.7 Å². The van der Waals surface area contributed by atoms with E-state index in [1.54, 1.807) is 12.1 Å². The quantitative estimate of drug-likeness (QED) is 0.857. The van der Waals surface area contributed by atoms with Gasteiger partial charge < -0.3 is 5.32 Å². The molecule has 1 aromatic rings. The molecule has 102 valence electrons. The second-order valence-corrected chi connectivity index (χ2v) is 6.23. The fourth-order valence-corrected chi connectivity index (χ4v) is 3.06. The van der Waals surface area contributed by atoms with Gasteiger partial charge in [-0.1, -0.05) is 38.3 Å². The smallest absolute Gasteiger partial charge is 0.0992 e. The molecule has 1 N–H and O–H groups in total. The highest BCUT2D eigenvalue weighted by Crippen LogP contribution is 2.33. The van der Waals surface area contributed by atoms with Crippen molar-refractivity contribution in [2.45, 2.75) is 45.6 Å². The SMILES string of the molecule is CC(C)C1CCCC(Nc2cc(C#N)ccc2Cl)C1. The number of hydrogen-bond acceptors (Lipinski definition) is 2. The van der Waals surface area contributed by atoms with Crippen LogP contribution >= 0.6 is 11.6 Å². The standard InChI is InChI=1S/C16H21ClN2/c1-11(2)13-4-3-5-14(9-13)19-16-8-12(10-18)6-7-15(16)17/h6-8,11,13-14,19H,3-5,9H2,1-2H3. The maximum absolute atomic E-state index is 8.95. The Morgan fingerprint density at radius 3 is 2.84 bits per heavy atom. The van der Waals surface area contributed by atoms with Crippen LogP contribution in [0.2, 0.25) is 5.02 Å². The number of hydrogen-bond donors (Lipinski definition) is 1. The zero-order valence-electron chi connectivity index (χ0n) is 11.6. The van der Waals surface area contributed by atoms with Crippen LogP contribution in [0.25, 0.3) is 0 Å². The van der Waals surface area contributed by atoms with Gasteiger partial charge in [0.15, 0.2) is 0 Å². The second kappa shape index (κ2) is 6.30. The summed E-state index contributed by atoms with van der Waals surface area (Å²) in [7, 11) is 0. The molecule has 19 heavy (non-hydrogen) atoms. The Kier molecular flexibility index (Phi) is 4.71. The van der Waals surface area contributed by atoms with E-state index >= 15 is 0 Å². The third-order valence-electron chi connectivity index (χ3n) is 4.11. The zero-order chi connectivity index (χ0) is 13.8. The Bertz CT molecular complexity index is 476. The van der Waals surface area contributed by atoms with Gasteiger partial charge in [-0.2, -0.15) is 5.26 Å². The van der Waals surface area contributed by atoms with Crippen LogP contribution in [0.3, 0.4) is 0 Å². The highest BCUT2D eigenvalue weighted by atomic mass is 35.5. The van der Waals surface area contributed by atoms with Gasteiger partial charge in [0.1, 0.15) is 0 Å². The predicted octanol–water partition coefficient (Wildman–Crippen LogP) is 4.84. The van der Waals surface area contributed by atoms with Crippen molar-refractivity contribution in [1.29, 1.82) is 5.26 Å². The highest BCUT2D eigenvalue weighted by Gasteiger charge is 2.24. The van der Waals surface area contributed by atoms with E-state index in [4.69, 9.17) is 16.9 Å². The first-order valence-corrected chi connectivity index (χ1v) is 7.44. The third-order valence-corrected chi connectivity index (χ3v) is 4.44. The lowest BCUT2D eigenvalue weighted by molar-refractivity contribution is 0.264. The molecule has 0 bridgehead atoms. The maximum Gasteiger partial charge on any atom is 0.0992 e. The van der Waals surface area contributed by atoms with Gasteiger partial charge in [-0.3, -0.25) is 0 Å². The molecule has 0 heterocycles. The van der Waals surface area contributed by atoms with Crippen LogP contribution in [-0.4, -0.2) is 6.04 Å². The largest absolute Gasteiger partial charge is 0.381 e. The lowest BCUT2D eigenvalue weighted by Crippen LogP contribution is -2.29. The Morgan fingerprint density at radius 1 is 1.37 bits per heavy atom. The van der Waals surface area contributed by atoms with Crippen molar-refractivity contribution in [1.82, 2.24) is 0 Å². The molecule has 1 aliphatic rings. The van der Waals surface area contributed by atoms with E-state index in [2.05, 4.69) is 25.2 Å². The van der Waals surface area contributed by atoms with Crippen LogP contribution in [0.4, 0.5) is 5.69 Å². The van der Waals surface area contributed by atoms with Gasteiger partial charge in [-0.25, -0.2) is 0 Å². The van der Waals surface area contributed by atoms with Crippen molar-refractivity contribution in [2.24, 2.45) is 11.8 Å². The molecule has 0 spiro atoms. The van der Waals surface area contributed by atoms with Crippen LogP contribution in [0.1, 0.15) is 45.1 Å². The fraction of sp³-hybridized carbons (Fsp3) is 0.562. The molecule has 1 aliphatic carbocycles. The van der Waals surface area contributed by atoms with E-state index in [9.17, 15) is 0 Å². The molecule has 3 heteroatoms. The maximum atomic E-state index is 8.95. The van der Waals surface area contributed by atoms with Crippen LogP contribution in [0, 0.1) is 23.2 Å². The van der Waals surface area contributed by atoms with Crippen molar-refractivity contribution in [3.8, 4) is 6.07 Å². The van der Waals surface area contributed by atoms with Gasteiger partial charge in [0, 0.05) is 6.04 Å². The molecule has 0 aromatic heterocycles. The third kappa shape index (κ3) is 3.64. The Labute approximate surface area is 120 Å². The Morgan fingerprint density at radius 2 is 2.16 bits per heavy atom. The van der Waals surface area contributed by atoms with Crippen molar-refractivity contribution < 1.29 is 0 Å². The average Bonchev–Trinajstić information content (AvgIpc) is 2.41. The van der Waals surface area contributed by atoms with E-state index in [1.807, 2.05) is 6.07 Å². The molecule has 0 saturated heterocycles. The molecule has 1 saturated carbocycles. The minimum absolute atomic E-state index is 0.479. The van der Waals surface area contributed by atoms with E-state index in [0.29, 0.717) is 16.6 Å². The van der Waals surface area contributed by atoms with Crippen molar-refractivity contribution in [3.63, 3.8) is 0 Å². The van der Waals surface area contributed by atoms with Crippen molar-refractivity contribution in [2.75, 3.05) is 5.32 Å². The summed E-state index contributed by atoms with van der Waals surface area (Å²) in [5, 5.41) is 13.2. The average molecular weight is 277 g/mol. The molecule has 2 rings (SSSR count). The second-order valence-electron chi connectivity index (χ2n) is 5.82. The molecular weight excluding hydrogens is 256 g/mol. The molecule has 2 nitrogen and oxygen atoms in total. The summed E-state index contributed by atoms with van der Waals surface area (Å²) >= 11 is 6.20. The molecule has 2 atom stereocenters. The molecule has 2 unspecified atom stereocenters. The number of rotatable bonds is 3. The van der Waals surface area contributed by atoms with Gasteiger partial charge in [0.25, 0.3) is 0 Å². The number of nitrogens with one attached hydrogen (secondary N) is 1. The molecule has 1 fully saturated rings. The molecular formula is C16H21ClN2. The lowest BCUT2D eigenvalue weighted by atomic mass is 9.79. The highest BCUT2D eigenvalue weighted by molar-refractivity contribution is 6.33. The number of nitriles is 1. The lowest BCUT2D eigenvalue weighted by Gasteiger charge is -2.32. The first-order chi connectivity index (χ1) is 9.10. The first-order valence-electron chi connectivity index (χ1n) is 7.06. The summed E-state index contributed by atoms with van der Waals surface area (Å²) in [4.78, 5) is 0. The van der Waals surface area contributed by atoms with Crippen molar-refractivity contribution >= 4 is 17.3 Å². The van der Waals surface area contributed by atoms with Crippen molar-refractivity contribution in [3.05, 3.63) is 28.8 Å². The number of nitrogens with zero attached hydrogens (tertiary/aromatic N) is 1. The molecule has 1 aromatic carbocycles. The Hall–Kier alpha value is -1.20. The van der Waals surface area contributed by atoms with Crippen LogP contribution in [-0.2, 0) is 0 Å². The van der Waals surface area contributed by atoms with Gasteiger partial charge in [-0.05, 0) is 42.9 Å². The van der Waals surface area contributed by atoms with E-state index < -0.39 is 0 Å².